The third-order valence-corrected chi connectivity index (χ3v) is 13.0. The Morgan fingerprint density at radius 2 is 1.00 bits per heavy atom. The van der Waals surface area contributed by atoms with Crippen LogP contribution in [0.15, 0.2) is 30.3 Å². The third kappa shape index (κ3) is 23.1. The monoisotopic (exact) mass is 1150 g/mol. The molecule has 452 valence electrons. The maximum atomic E-state index is 14.2. The topological polar surface area (TPSA) is 469 Å². The number of nitrogens with zero attached hydrogens (tertiary/aromatic N) is 1. The molecule has 0 aromatic heterocycles. The zero-order valence-electron chi connectivity index (χ0n) is 46.6. The summed E-state index contributed by atoms with van der Waals surface area (Å²) in [6.07, 6.45) is -7.02. The smallest absolute Gasteiger partial charge is 0.326 e. The minimum atomic E-state index is -2.00. The summed E-state index contributed by atoms with van der Waals surface area (Å²) in [6, 6.07) is -7.07. The van der Waals surface area contributed by atoms with Crippen LogP contribution in [0.5, 0.6) is 0 Å². The molecule has 12 atom stereocenters. The Balaban J connectivity index is 2.36. The third-order valence-electron chi connectivity index (χ3n) is 13.0. The lowest BCUT2D eigenvalue weighted by Gasteiger charge is -2.32. The molecule has 1 aromatic rings. The second-order valence-corrected chi connectivity index (χ2v) is 21.1. The molecule has 1 heterocycles. The van der Waals surface area contributed by atoms with Crippen LogP contribution >= 0.6 is 0 Å². The van der Waals surface area contributed by atoms with Crippen molar-refractivity contribution in [1.29, 1.82) is 0 Å². The number of aliphatic hydroxyl groups is 2. The number of nitrogens with two attached hydrogens (primary N) is 1. The molecule has 1 fully saturated rings. The second-order valence-electron chi connectivity index (χ2n) is 21.1. The summed E-state index contributed by atoms with van der Waals surface area (Å²) in [5.41, 5.74) is 6.74. The van der Waals surface area contributed by atoms with Crippen LogP contribution in [-0.2, 0) is 68.7 Å². The number of hydrogen-bond acceptors (Lipinski definition) is 16. The summed E-state index contributed by atoms with van der Waals surface area (Å²) in [6.45, 7) is 11.9. The van der Waals surface area contributed by atoms with Crippen molar-refractivity contribution in [3.8, 4) is 0 Å². The van der Waals surface area contributed by atoms with Crippen LogP contribution in [0.1, 0.15) is 112 Å². The van der Waals surface area contributed by atoms with Gasteiger partial charge in [-0.2, -0.15) is 0 Å². The van der Waals surface area contributed by atoms with Gasteiger partial charge in [-0.3, -0.25) is 57.5 Å². The number of carbonyl (C=O) groups is 13. The first-order chi connectivity index (χ1) is 37.7. The molecule has 0 unspecified atom stereocenters. The van der Waals surface area contributed by atoms with Gasteiger partial charge in [0.05, 0.1) is 24.7 Å². The first kappa shape index (κ1) is 69.3. The molecule has 1 aliphatic heterocycles. The van der Waals surface area contributed by atoms with Gasteiger partial charge in [0.25, 0.3) is 0 Å². The molecule has 1 aromatic carbocycles. The lowest BCUT2D eigenvalue weighted by Crippen LogP contribution is -2.63. The molecule has 9 amide bonds. The summed E-state index contributed by atoms with van der Waals surface area (Å²) in [7, 11) is 0. The SMILES string of the molecule is CC(C)C[C@H](NC(=O)[C@H](Cc1ccccc1)NC(=O)[C@@H](N)C(C)C)C(=O)N[C@H](C(=O)N[C@H](C(=O)N1CCC[C@H]1C(=O)N[C@@H](CCC(=O)O)C(=O)N[C@@H](CC(=O)O)C(=O)N[C@H](C(=O)N[C@@H](CCC(=O)O)C(=O)O)C(C)C)[C@@H](C)O)[C@@H](C)O. The van der Waals surface area contributed by atoms with Crippen LogP contribution in [-0.4, -0.2) is 192 Å². The number of aliphatic carboxylic acids is 4. The van der Waals surface area contributed by atoms with E-state index in [1.807, 2.05) is 0 Å². The number of amides is 9. The molecule has 0 aliphatic carbocycles. The molecule has 1 aliphatic rings. The normalized spacial score (nSPS) is 17.3. The number of likely N-dealkylation sites (tertiary alicyclic amines) is 1. The Bertz CT molecular complexity index is 2400. The molecule has 0 radical (unpaired) electrons. The van der Waals surface area contributed by atoms with E-state index in [2.05, 4.69) is 42.5 Å². The van der Waals surface area contributed by atoms with Crippen molar-refractivity contribution < 1.29 is 93.0 Å². The van der Waals surface area contributed by atoms with Gasteiger partial charge in [-0.15, -0.1) is 0 Å². The van der Waals surface area contributed by atoms with Crippen LogP contribution in [0.25, 0.3) is 0 Å². The van der Waals surface area contributed by atoms with E-state index >= 15 is 0 Å². The van der Waals surface area contributed by atoms with E-state index in [9.17, 15) is 87.9 Å². The fraction of sp³-hybridized carbons (Fsp3) is 0.635. The highest BCUT2D eigenvalue weighted by molar-refractivity contribution is 5.99. The Kier molecular flexibility index (Phi) is 28.3. The largest absolute Gasteiger partial charge is 0.481 e. The van der Waals surface area contributed by atoms with Gasteiger partial charge >= 0.3 is 23.9 Å². The van der Waals surface area contributed by atoms with Crippen molar-refractivity contribution in [3.63, 3.8) is 0 Å². The first-order valence-electron chi connectivity index (χ1n) is 26.5. The lowest BCUT2D eigenvalue weighted by molar-refractivity contribution is -0.145. The number of rotatable bonds is 34. The summed E-state index contributed by atoms with van der Waals surface area (Å²) >= 11 is 0. The van der Waals surface area contributed by atoms with Crippen molar-refractivity contribution in [1.82, 2.24) is 47.4 Å². The number of carboxylic acids is 4. The first-order valence-corrected chi connectivity index (χ1v) is 26.5. The van der Waals surface area contributed by atoms with Crippen molar-refractivity contribution in [2.45, 2.75) is 186 Å². The van der Waals surface area contributed by atoms with Gasteiger partial charge in [0, 0.05) is 25.8 Å². The van der Waals surface area contributed by atoms with E-state index in [1.54, 1.807) is 58.0 Å². The molecule has 29 nitrogen and oxygen atoms in total. The predicted octanol–water partition coefficient (Wildman–Crippen LogP) is -3.17. The number of carbonyl (C=O) groups excluding carboxylic acids is 9. The Hall–Kier alpha value is -7.79. The van der Waals surface area contributed by atoms with Crippen molar-refractivity contribution in [3.05, 3.63) is 35.9 Å². The van der Waals surface area contributed by atoms with Crippen molar-refractivity contribution in [2.24, 2.45) is 23.5 Å². The molecular weight excluding hydrogens is 1070 g/mol. The van der Waals surface area contributed by atoms with E-state index in [0.717, 1.165) is 18.7 Å². The van der Waals surface area contributed by atoms with E-state index in [-0.39, 0.29) is 44.1 Å². The van der Waals surface area contributed by atoms with Gasteiger partial charge < -0.3 is 83.8 Å². The quantitative estimate of drug-likeness (QED) is 0.0324. The van der Waals surface area contributed by atoms with E-state index in [4.69, 9.17) is 10.8 Å². The number of aliphatic hydroxyl groups excluding tert-OH is 2. The van der Waals surface area contributed by atoms with Gasteiger partial charge in [0.2, 0.25) is 53.2 Å². The van der Waals surface area contributed by atoms with E-state index < -0.39 is 188 Å². The number of carboxylic acid groups (broad SMARTS) is 4. The fourth-order valence-corrected chi connectivity index (χ4v) is 8.41. The molecule has 0 saturated carbocycles. The van der Waals surface area contributed by atoms with Crippen LogP contribution in [0.2, 0.25) is 0 Å². The highest BCUT2D eigenvalue weighted by Crippen LogP contribution is 2.21. The molecule has 1 saturated heterocycles. The molecule has 16 N–H and O–H groups in total. The van der Waals surface area contributed by atoms with Crippen LogP contribution in [0.3, 0.4) is 0 Å². The molecule has 81 heavy (non-hydrogen) atoms. The van der Waals surface area contributed by atoms with Gasteiger partial charge in [-0.05, 0) is 69.3 Å². The van der Waals surface area contributed by atoms with Crippen LogP contribution < -0.4 is 48.3 Å². The zero-order valence-corrected chi connectivity index (χ0v) is 46.6. The Morgan fingerprint density at radius 1 is 0.531 bits per heavy atom. The lowest BCUT2D eigenvalue weighted by atomic mass is 9.99. The number of hydrogen-bond donors (Lipinski definition) is 15. The maximum Gasteiger partial charge on any atom is 0.326 e. The standard InChI is InChI=1S/C52H80N10O19/c1-24(2)21-32(56-44(72)33(22-29-13-10-9-11-14-29)58-48(76)39(53)25(3)4)45(73)60-41(27(7)63)50(78)61-42(28(8)64)51(79)62-20-12-15-35(62)47(75)54-30(16-18-36(65)66)43(71)57-34(23-38(69)70)46(74)59-40(26(5)6)49(77)55-31(52(80)81)17-19-37(67)68/h9-11,13-14,24-28,30-35,39-42,63-64H,12,15-23,53H2,1-8H3,(H,54,75)(H,55,77)(H,56,72)(H,57,71)(H,58,76)(H,59,74)(H,60,73)(H,61,78)(H,65,66)(H,67,68)(H,69,70)(H,80,81)/t27-,28-,30+,31+,32+,33+,34+,35+,39+,40+,41+,42+/m1/s1. The number of nitrogens with one attached hydrogen (secondary N) is 8. The highest BCUT2D eigenvalue weighted by Gasteiger charge is 2.43. The average Bonchev–Trinajstić information content (AvgIpc) is 3.88. The summed E-state index contributed by atoms with van der Waals surface area (Å²) in [4.78, 5) is 171. The van der Waals surface area contributed by atoms with Gasteiger partial charge in [0.15, 0.2) is 0 Å². The average molecular weight is 1150 g/mol. The Labute approximate surface area is 468 Å². The van der Waals surface area contributed by atoms with E-state index in [0.29, 0.717) is 5.56 Å². The second kappa shape index (κ2) is 33.1. The van der Waals surface area contributed by atoms with Gasteiger partial charge in [-0.1, -0.05) is 71.9 Å². The Morgan fingerprint density at radius 3 is 1.51 bits per heavy atom. The van der Waals surface area contributed by atoms with Crippen molar-refractivity contribution >= 4 is 77.0 Å². The predicted molar refractivity (Wildman–Crippen MR) is 284 cm³/mol. The molecule has 29 heteroatoms. The number of benzene rings is 1. The van der Waals surface area contributed by atoms with E-state index in [1.165, 1.54) is 13.8 Å². The minimum Gasteiger partial charge on any atom is -0.481 e. The van der Waals surface area contributed by atoms with Crippen LogP contribution in [0, 0.1) is 17.8 Å². The van der Waals surface area contributed by atoms with Crippen LogP contribution in [0.4, 0.5) is 0 Å². The maximum absolute atomic E-state index is 14.2. The summed E-state index contributed by atoms with van der Waals surface area (Å²) < 4.78 is 0. The molecular formula is C52H80N10O19. The summed E-state index contributed by atoms with van der Waals surface area (Å²) in [5, 5.41) is 78.3. The van der Waals surface area contributed by atoms with Crippen molar-refractivity contribution in [2.75, 3.05) is 6.54 Å². The fourth-order valence-electron chi connectivity index (χ4n) is 8.41. The molecule has 2 rings (SSSR count). The van der Waals surface area contributed by atoms with Gasteiger partial charge in [-0.25, -0.2) is 4.79 Å². The molecule has 0 spiro atoms. The zero-order chi connectivity index (χ0) is 61.6. The molecule has 0 bridgehead atoms. The highest BCUT2D eigenvalue weighted by atomic mass is 16.4. The summed E-state index contributed by atoms with van der Waals surface area (Å²) in [5.74, 6) is -16.7. The minimum absolute atomic E-state index is 0.00409. The van der Waals surface area contributed by atoms with Gasteiger partial charge in [0.1, 0.15) is 54.4 Å².